The predicted molar refractivity (Wildman–Crippen MR) is 106 cm³/mol. The lowest BCUT2D eigenvalue weighted by atomic mass is 9.85. The van der Waals surface area contributed by atoms with Crippen LogP contribution in [0.5, 0.6) is 0 Å². The van der Waals surface area contributed by atoms with E-state index in [9.17, 15) is 19.5 Å². The molecule has 4 atom stereocenters. The van der Waals surface area contributed by atoms with E-state index in [-0.39, 0.29) is 37.1 Å². The first-order valence-electron chi connectivity index (χ1n) is 9.98. The highest BCUT2D eigenvalue weighted by Gasteiger charge is 2.42. The summed E-state index contributed by atoms with van der Waals surface area (Å²) in [6, 6.07) is 0. The van der Waals surface area contributed by atoms with Crippen molar-refractivity contribution < 1.29 is 33.7 Å². The molecule has 1 N–H and O–H groups in total. The SMILES string of the molecule is C=C1C(=O)OC2C=C(COC(C)=O)CCC=C(COC(=O)C(C)CC)CC(O)C12. The summed E-state index contributed by atoms with van der Waals surface area (Å²) >= 11 is 0. The smallest absolute Gasteiger partial charge is 0.334 e. The lowest BCUT2D eigenvalue weighted by molar-refractivity contribution is -0.147. The Bertz CT molecular complexity index is 719. The second-order valence-corrected chi connectivity index (χ2v) is 7.62. The Labute approximate surface area is 171 Å². The van der Waals surface area contributed by atoms with Crippen molar-refractivity contribution >= 4 is 17.9 Å². The van der Waals surface area contributed by atoms with Gasteiger partial charge in [0.25, 0.3) is 0 Å². The van der Waals surface area contributed by atoms with Crippen LogP contribution in [0.1, 0.15) is 46.5 Å². The fourth-order valence-electron chi connectivity index (χ4n) is 3.36. The molecule has 0 aromatic rings. The number of carbonyl (C=O) groups is 3. The van der Waals surface area contributed by atoms with Gasteiger partial charge in [0.2, 0.25) is 0 Å². The fourth-order valence-corrected chi connectivity index (χ4v) is 3.36. The molecule has 7 heteroatoms. The summed E-state index contributed by atoms with van der Waals surface area (Å²) in [5.74, 6) is -2.03. The Balaban J connectivity index is 2.20. The summed E-state index contributed by atoms with van der Waals surface area (Å²) < 4.78 is 15.9. The van der Waals surface area contributed by atoms with Crippen LogP contribution in [0.4, 0.5) is 0 Å². The molecule has 0 radical (unpaired) electrons. The third-order valence-electron chi connectivity index (χ3n) is 5.32. The van der Waals surface area contributed by atoms with Gasteiger partial charge in [0, 0.05) is 12.5 Å². The number of aliphatic hydroxyl groups excluding tert-OH is 1. The first kappa shape index (κ1) is 22.9. The first-order chi connectivity index (χ1) is 13.7. The zero-order valence-corrected chi connectivity index (χ0v) is 17.3. The minimum Gasteiger partial charge on any atom is -0.461 e. The van der Waals surface area contributed by atoms with E-state index in [2.05, 4.69) is 6.58 Å². The van der Waals surface area contributed by atoms with Crippen LogP contribution >= 0.6 is 0 Å². The maximum Gasteiger partial charge on any atom is 0.334 e. The zero-order valence-electron chi connectivity index (χ0n) is 17.3. The summed E-state index contributed by atoms with van der Waals surface area (Å²) in [5.41, 5.74) is 1.77. The molecule has 4 unspecified atom stereocenters. The molecule has 2 rings (SSSR count). The monoisotopic (exact) mass is 406 g/mol. The van der Waals surface area contributed by atoms with Gasteiger partial charge >= 0.3 is 17.9 Å². The van der Waals surface area contributed by atoms with E-state index in [1.807, 2.05) is 13.0 Å². The Kier molecular flexibility index (Phi) is 8.20. The van der Waals surface area contributed by atoms with E-state index in [4.69, 9.17) is 14.2 Å². The molecule has 7 nitrogen and oxygen atoms in total. The fraction of sp³-hybridized carbons (Fsp3) is 0.591. The number of fused-ring (bicyclic) bond motifs is 1. The summed E-state index contributed by atoms with van der Waals surface area (Å²) in [6.45, 7) is 9.00. The van der Waals surface area contributed by atoms with Crippen LogP contribution in [0, 0.1) is 11.8 Å². The van der Waals surface area contributed by atoms with Gasteiger partial charge in [0.05, 0.1) is 17.9 Å². The summed E-state index contributed by atoms with van der Waals surface area (Å²) in [4.78, 5) is 35.2. The lowest BCUT2D eigenvalue weighted by Crippen LogP contribution is -2.30. The van der Waals surface area contributed by atoms with Crippen LogP contribution in [0.25, 0.3) is 0 Å². The van der Waals surface area contributed by atoms with Crippen molar-refractivity contribution in [1.82, 2.24) is 0 Å². The van der Waals surface area contributed by atoms with Crippen molar-refractivity contribution in [3.63, 3.8) is 0 Å². The molecule has 29 heavy (non-hydrogen) atoms. The van der Waals surface area contributed by atoms with Gasteiger partial charge in [-0.1, -0.05) is 26.5 Å². The van der Waals surface area contributed by atoms with Crippen LogP contribution in [0.2, 0.25) is 0 Å². The highest BCUT2D eigenvalue weighted by molar-refractivity contribution is 5.91. The number of esters is 3. The van der Waals surface area contributed by atoms with E-state index in [0.717, 1.165) is 11.1 Å². The average Bonchev–Trinajstić information content (AvgIpc) is 2.95. The van der Waals surface area contributed by atoms with Crippen LogP contribution in [0.3, 0.4) is 0 Å². The molecule has 0 spiro atoms. The highest BCUT2D eigenvalue weighted by Crippen LogP contribution is 2.34. The quantitative estimate of drug-likeness (QED) is 0.313. The Morgan fingerprint density at radius 2 is 2.00 bits per heavy atom. The predicted octanol–water partition coefficient (Wildman–Crippen LogP) is 2.63. The third kappa shape index (κ3) is 6.29. The molecule has 0 bridgehead atoms. The van der Waals surface area contributed by atoms with Crippen molar-refractivity contribution in [2.75, 3.05) is 13.2 Å². The maximum atomic E-state index is 12.0. The zero-order chi connectivity index (χ0) is 21.6. The number of hydrogen-bond acceptors (Lipinski definition) is 7. The molecule has 1 fully saturated rings. The Hall–Kier alpha value is -2.41. The molecule has 1 aliphatic carbocycles. The number of hydrogen-bond donors (Lipinski definition) is 1. The molecule has 0 aromatic carbocycles. The molecular formula is C22H30O7. The summed E-state index contributed by atoms with van der Waals surface area (Å²) in [7, 11) is 0. The molecule has 160 valence electrons. The molecule has 0 saturated carbocycles. The van der Waals surface area contributed by atoms with Crippen molar-refractivity contribution in [3.05, 3.63) is 35.5 Å². The highest BCUT2D eigenvalue weighted by atomic mass is 16.6. The molecule has 1 aliphatic heterocycles. The van der Waals surface area contributed by atoms with Crippen molar-refractivity contribution in [3.8, 4) is 0 Å². The van der Waals surface area contributed by atoms with Gasteiger partial charge in [-0.05, 0) is 42.9 Å². The van der Waals surface area contributed by atoms with Crippen LogP contribution in [0.15, 0.2) is 35.5 Å². The average molecular weight is 406 g/mol. The molecule has 1 saturated heterocycles. The van der Waals surface area contributed by atoms with Crippen molar-refractivity contribution in [1.29, 1.82) is 0 Å². The molecule has 1 heterocycles. The Morgan fingerprint density at radius 1 is 1.31 bits per heavy atom. The van der Waals surface area contributed by atoms with Crippen LogP contribution < -0.4 is 0 Å². The van der Waals surface area contributed by atoms with E-state index in [1.54, 1.807) is 13.0 Å². The van der Waals surface area contributed by atoms with Gasteiger partial charge in [-0.15, -0.1) is 0 Å². The molecular weight excluding hydrogens is 376 g/mol. The van der Waals surface area contributed by atoms with Crippen molar-refractivity contribution in [2.45, 2.75) is 58.7 Å². The van der Waals surface area contributed by atoms with Gasteiger partial charge in [0.1, 0.15) is 19.3 Å². The van der Waals surface area contributed by atoms with Gasteiger partial charge < -0.3 is 19.3 Å². The normalized spacial score (nSPS) is 25.9. The molecule has 0 amide bonds. The van der Waals surface area contributed by atoms with E-state index >= 15 is 0 Å². The lowest BCUT2D eigenvalue weighted by Gasteiger charge is -2.24. The molecule has 2 aliphatic rings. The number of rotatable bonds is 6. The largest absolute Gasteiger partial charge is 0.461 e. The topological polar surface area (TPSA) is 99.1 Å². The van der Waals surface area contributed by atoms with E-state index < -0.39 is 30.1 Å². The van der Waals surface area contributed by atoms with Gasteiger partial charge in [-0.3, -0.25) is 9.59 Å². The standard InChI is InChI=1S/C22H30O7/c1-5-13(2)21(25)28-12-16-7-6-8-17(11-27-15(4)23)10-19-20(18(24)9-16)14(3)22(26)29-19/h7,10,13,18-20,24H,3,5-6,8-9,11-12H2,1-2,4H3. The second-order valence-electron chi connectivity index (χ2n) is 7.62. The minimum atomic E-state index is -0.920. The van der Waals surface area contributed by atoms with E-state index in [1.165, 1.54) is 6.92 Å². The molecule has 0 aromatic heterocycles. The van der Waals surface area contributed by atoms with Gasteiger partial charge in [0.15, 0.2) is 0 Å². The second kappa shape index (κ2) is 10.4. The number of aliphatic hydroxyl groups is 1. The third-order valence-corrected chi connectivity index (χ3v) is 5.32. The number of ether oxygens (including phenoxy) is 3. The van der Waals surface area contributed by atoms with Crippen molar-refractivity contribution in [2.24, 2.45) is 11.8 Å². The summed E-state index contributed by atoms with van der Waals surface area (Å²) in [5, 5.41) is 10.8. The van der Waals surface area contributed by atoms with Gasteiger partial charge in [-0.2, -0.15) is 0 Å². The van der Waals surface area contributed by atoms with Crippen LogP contribution in [-0.4, -0.2) is 48.4 Å². The van der Waals surface area contributed by atoms with E-state index in [0.29, 0.717) is 19.3 Å². The van der Waals surface area contributed by atoms with Gasteiger partial charge in [-0.25, -0.2) is 4.79 Å². The number of carbonyl (C=O) groups excluding carboxylic acids is 3. The minimum absolute atomic E-state index is 0.0852. The first-order valence-corrected chi connectivity index (χ1v) is 9.98. The summed E-state index contributed by atoms with van der Waals surface area (Å²) in [6.07, 6.45) is 4.21. The Morgan fingerprint density at radius 3 is 2.66 bits per heavy atom. The van der Waals surface area contributed by atoms with Crippen LogP contribution in [-0.2, 0) is 28.6 Å². The number of allylic oxidation sites excluding steroid dienone is 1. The maximum absolute atomic E-state index is 12.0.